The molecule has 5 heteroatoms. The molecule has 1 saturated heterocycles. The van der Waals surface area contributed by atoms with Gasteiger partial charge in [-0.2, -0.15) is 0 Å². The first kappa shape index (κ1) is 22.6. The van der Waals surface area contributed by atoms with E-state index in [4.69, 9.17) is 0 Å². The fourth-order valence-electron chi connectivity index (χ4n) is 5.32. The van der Waals surface area contributed by atoms with Crippen LogP contribution in [-0.2, 0) is 4.79 Å². The SMILES string of the molecule is Cc1cc(C(=O)CN2CCN(C(=O)C(c3ccccc3)c3ccccc3)CC2)c(C)n1C1CC1. The van der Waals surface area contributed by atoms with Gasteiger partial charge in [0.05, 0.1) is 12.5 Å². The lowest BCUT2D eigenvalue weighted by Gasteiger charge is -2.36. The molecule has 0 spiro atoms. The monoisotopic (exact) mass is 455 g/mol. The van der Waals surface area contributed by atoms with Crippen molar-refractivity contribution in [3.05, 3.63) is 94.8 Å². The van der Waals surface area contributed by atoms with Gasteiger partial charge in [0.2, 0.25) is 5.91 Å². The minimum absolute atomic E-state index is 0.136. The Morgan fingerprint density at radius 3 is 1.94 bits per heavy atom. The van der Waals surface area contributed by atoms with Crippen LogP contribution in [0.3, 0.4) is 0 Å². The molecule has 0 radical (unpaired) electrons. The highest BCUT2D eigenvalue weighted by Gasteiger charge is 2.31. The lowest BCUT2D eigenvalue weighted by Crippen LogP contribution is -2.51. The van der Waals surface area contributed by atoms with Gasteiger partial charge in [-0.3, -0.25) is 14.5 Å². The number of hydrogen-bond donors (Lipinski definition) is 0. The fraction of sp³-hybridized carbons (Fsp3) is 0.379. The van der Waals surface area contributed by atoms with E-state index >= 15 is 0 Å². The van der Waals surface area contributed by atoms with Crippen LogP contribution in [0, 0.1) is 13.8 Å². The number of ketones is 1. The molecule has 5 rings (SSSR count). The first-order valence-corrected chi connectivity index (χ1v) is 12.4. The standard InChI is InChI=1S/C29H33N3O2/c1-21-19-26(22(2)32(21)25-13-14-25)27(33)20-30-15-17-31(18-16-30)29(34)28(23-9-5-3-6-10-23)24-11-7-4-8-12-24/h3-12,19,25,28H,13-18,20H2,1-2H3. The predicted molar refractivity (Wildman–Crippen MR) is 134 cm³/mol. The average molecular weight is 456 g/mol. The van der Waals surface area contributed by atoms with Gasteiger partial charge in [0.15, 0.2) is 5.78 Å². The normalized spacial score (nSPS) is 16.7. The number of carbonyl (C=O) groups is 2. The van der Waals surface area contributed by atoms with Crippen LogP contribution in [-0.4, -0.2) is 58.8 Å². The molecule has 1 amide bonds. The van der Waals surface area contributed by atoms with Crippen molar-refractivity contribution < 1.29 is 9.59 Å². The molecule has 2 fully saturated rings. The summed E-state index contributed by atoms with van der Waals surface area (Å²) in [5, 5.41) is 0. The number of piperazine rings is 1. The molecule has 5 nitrogen and oxygen atoms in total. The van der Waals surface area contributed by atoms with Gasteiger partial charge in [0.25, 0.3) is 0 Å². The Balaban J connectivity index is 1.24. The second kappa shape index (κ2) is 9.59. The maximum Gasteiger partial charge on any atom is 0.234 e. The van der Waals surface area contributed by atoms with E-state index in [2.05, 4.69) is 29.4 Å². The van der Waals surface area contributed by atoms with Gasteiger partial charge in [-0.1, -0.05) is 60.7 Å². The van der Waals surface area contributed by atoms with E-state index in [0.717, 1.165) is 35.5 Å². The van der Waals surface area contributed by atoms with Crippen LogP contribution < -0.4 is 0 Å². The number of hydrogen-bond acceptors (Lipinski definition) is 3. The van der Waals surface area contributed by atoms with Crippen LogP contribution >= 0.6 is 0 Å². The van der Waals surface area contributed by atoms with E-state index in [1.807, 2.05) is 65.6 Å². The van der Waals surface area contributed by atoms with E-state index in [-0.39, 0.29) is 17.6 Å². The van der Waals surface area contributed by atoms with Crippen molar-refractivity contribution in [3.8, 4) is 0 Å². The molecule has 1 aliphatic carbocycles. The molecule has 1 aliphatic heterocycles. The number of aryl methyl sites for hydroxylation is 1. The summed E-state index contributed by atoms with van der Waals surface area (Å²) in [4.78, 5) is 30.9. The predicted octanol–water partition coefficient (Wildman–Crippen LogP) is 4.60. The number of aromatic nitrogens is 1. The molecule has 0 atom stereocenters. The maximum atomic E-state index is 13.6. The molecule has 1 saturated carbocycles. The molecule has 0 N–H and O–H groups in total. The van der Waals surface area contributed by atoms with E-state index in [0.29, 0.717) is 25.7 Å². The molecular formula is C29H33N3O2. The van der Waals surface area contributed by atoms with Crippen LogP contribution in [0.15, 0.2) is 66.7 Å². The van der Waals surface area contributed by atoms with Crippen LogP contribution in [0.2, 0.25) is 0 Å². The van der Waals surface area contributed by atoms with Gasteiger partial charge >= 0.3 is 0 Å². The molecule has 34 heavy (non-hydrogen) atoms. The fourth-order valence-corrected chi connectivity index (χ4v) is 5.32. The molecule has 0 bridgehead atoms. The van der Waals surface area contributed by atoms with E-state index in [1.54, 1.807) is 0 Å². The van der Waals surface area contributed by atoms with Gasteiger partial charge < -0.3 is 9.47 Å². The van der Waals surface area contributed by atoms with Gasteiger partial charge in [-0.25, -0.2) is 0 Å². The Morgan fingerprint density at radius 1 is 0.853 bits per heavy atom. The first-order valence-electron chi connectivity index (χ1n) is 12.4. The largest absolute Gasteiger partial charge is 0.345 e. The molecular weight excluding hydrogens is 422 g/mol. The molecule has 2 heterocycles. The minimum atomic E-state index is -0.302. The van der Waals surface area contributed by atoms with Gasteiger partial charge in [-0.15, -0.1) is 0 Å². The lowest BCUT2D eigenvalue weighted by atomic mass is 9.90. The summed E-state index contributed by atoms with van der Waals surface area (Å²) in [6.45, 7) is 7.31. The maximum absolute atomic E-state index is 13.6. The number of amides is 1. The summed E-state index contributed by atoms with van der Waals surface area (Å²) >= 11 is 0. The lowest BCUT2D eigenvalue weighted by molar-refractivity contribution is -0.133. The van der Waals surface area contributed by atoms with E-state index < -0.39 is 0 Å². The molecule has 3 aromatic rings. The van der Waals surface area contributed by atoms with Crippen LogP contribution in [0.25, 0.3) is 0 Å². The average Bonchev–Trinajstić information content (AvgIpc) is 3.64. The van der Waals surface area contributed by atoms with Crippen molar-refractivity contribution in [2.45, 2.75) is 38.6 Å². The minimum Gasteiger partial charge on any atom is -0.345 e. The Kier molecular flexibility index (Phi) is 6.38. The second-order valence-corrected chi connectivity index (χ2v) is 9.66. The van der Waals surface area contributed by atoms with Crippen molar-refractivity contribution in [3.63, 3.8) is 0 Å². The highest BCUT2D eigenvalue weighted by molar-refractivity contribution is 5.99. The Morgan fingerprint density at radius 2 is 1.41 bits per heavy atom. The topological polar surface area (TPSA) is 45.6 Å². The smallest absolute Gasteiger partial charge is 0.234 e. The molecule has 2 aliphatic rings. The van der Waals surface area contributed by atoms with Crippen LogP contribution in [0.1, 0.15) is 57.7 Å². The van der Waals surface area contributed by atoms with Gasteiger partial charge in [-0.05, 0) is 43.9 Å². The number of benzene rings is 2. The van der Waals surface area contributed by atoms with Crippen LogP contribution in [0.4, 0.5) is 0 Å². The number of nitrogens with zero attached hydrogens (tertiary/aromatic N) is 3. The van der Waals surface area contributed by atoms with Crippen LogP contribution in [0.5, 0.6) is 0 Å². The third-order valence-electron chi connectivity index (χ3n) is 7.26. The van der Waals surface area contributed by atoms with Gasteiger partial charge in [0.1, 0.15) is 0 Å². The van der Waals surface area contributed by atoms with Crippen molar-refractivity contribution in [2.24, 2.45) is 0 Å². The van der Waals surface area contributed by atoms with Crippen molar-refractivity contribution >= 4 is 11.7 Å². The third kappa shape index (κ3) is 4.58. The molecule has 1 aromatic heterocycles. The summed E-state index contributed by atoms with van der Waals surface area (Å²) in [7, 11) is 0. The van der Waals surface area contributed by atoms with Crippen molar-refractivity contribution in [2.75, 3.05) is 32.7 Å². The summed E-state index contributed by atoms with van der Waals surface area (Å²) in [6, 6.07) is 22.7. The summed E-state index contributed by atoms with van der Waals surface area (Å²) < 4.78 is 2.33. The highest BCUT2D eigenvalue weighted by atomic mass is 16.2. The third-order valence-corrected chi connectivity index (χ3v) is 7.26. The first-order chi connectivity index (χ1) is 16.5. The Hall–Kier alpha value is -3.18. The molecule has 2 aromatic carbocycles. The summed E-state index contributed by atoms with van der Waals surface area (Å²) in [6.07, 6.45) is 2.43. The zero-order valence-electron chi connectivity index (χ0n) is 20.1. The second-order valence-electron chi connectivity index (χ2n) is 9.66. The summed E-state index contributed by atoms with van der Waals surface area (Å²) in [5.74, 6) is 0.0194. The van der Waals surface area contributed by atoms with Gasteiger partial charge in [0, 0.05) is 49.2 Å². The zero-order chi connectivity index (χ0) is 23.7. The molecule has 176 valence electrons. The number of carbonyl (C=O) groups excluding carboxylic acids is 2. The number of rotatable bonds is 7. The highest BCUT2D eigenvalue weighted by Crippen LogP contribution is 2.38. The van der Waals surface area contributed by atoms with Crippen molar-refractivity contribution in [1.82, 2.24) is 14.4 Å². The quantitative estimate of drug-likeness (QED) is 0.489. The van der Waals surface area contributed by atoms with E-state index in [9.17, 15) is 9.59 Å². The van der Waals surface area contributed by atoms with E-state index in [1.165, 1.54) is 18.5 Å². The molecule has 0 unspecified atom stereocenters. The van der Waals surface area contributed by atoms with Crippen molar-refractivity contribution in [1.29, 1.82) is 0 Å². The number of Topliss-reactive ketones (excluding diaryl/α,β-unsaturated/α-hetero) is 1. The Bertz CT molecular complexity index is 1120. The zero-order valence-corrected chi connectivity index (χ0v) is 20.1. The Labute approximate surface area is 202 Å². The summed E-state index contributed by atoms with van der Waals surface area (Å²) in [5.41, 5.74) is 5.18.